The lowest BCUT2D eigenvalue weighted by molar-refractivity contribution is -0.192. The molecule has 4 heterocycles. The Morgan fingerprint density at radius 2 is 1.90 bits per heavy atom. The van der Waals surface area contributed by atoms with E-state index in [2.05, 4.69) is 30.4 Å². The molecule has 2 aliphatic rings. The first-order chi connectivity index (χ1) is 14.8. The molecule has 0 aliphatic carbocycles. The summed E-state index contributed by atoms with van der Waals surface area (Å²) in [4.78, 5) is 31.8. The van der Waals surface area contributed by atoms with Gasteiger partial charge in [-0.2, -0.15) is 23.4 Å². The third kappa shape index (κ3) is 5.84. The molecule has 166 valence electrons. The van der Waals surface area contributed by atoms with Gasteiger partial charge in [-0.05, 0) is 12.1 Å². The molecule has 0 aromatic carbocycles. The van der Waals surface area contributed by atoms with E-state index >= 15 is 0 Å². The van der Waals surface area contributed by atoms with E-state index in [4.69, 9.17) is 14.6 Å². The average molecular weight is 440 g/mol. The molecule has 2 saturated heterocycles. The van der Waals surface area contributed by atoms with Crippen LogP contribution in [0, 0.1) is 11.8 Å². The number of carboxylic acid groups (broad SMARTS) is 1. The van der Waals surface area contributed by atoms with Crippen molar-refractivity contribution in [2.45, 2.75) is 12.3 Å². The first kappa shape index (κ1) is 22.3. The highest BCUT2D eigenvalue weighted by Crippen LogP contribution is 2.34. The summed E-state index contributed by atoms with van der Waals surface area (Å²) in [6.07, 6.45) is 1.57. The molecule has 0 bridgehead atoms. The first-order valence-corrected chi connectivity index (χ1v) is 9.24. The molecule has 31 heavy (non-hydrogen) atoms. The molecule has 3 atom stereocenters. The van der Waals surface area contributed by atoms with Gasteiger partial charge >= 0.3 is 12.1 Å². The van der Waals surface area contributed by atoms with Crippen LogP contribution in [-0.4, -0.2) is 75.7 Å². The topological polar surface area (TPSA) is 130 Å². The van der Waals surface area contributed by atoms with Crippen molar-refractivity contribution < 1.29 is 32.6 Å². The van der Waals surface area contributed by atoms with Crippen LogP contribution in [0.4, 0.5) is 19.1 Å². The number of halogens is 3. The lowest BCUT2D eigenvalue weighted by atomic mass is 9.93. The second kappa shape index (κ2) is 9.64. The smallest absolute Gasteiger partial charge is 0.475 e. The second-order valence-corrected chi connectivity index (χ2v) is 6.89. The number of hydrogen-bond donors (Lipinski definition) is 2. The molecule has 0 spiro atoms. The van der Waals surface area contributed by atoms with Gasteiger partial charge in [-0.3, -0.25) is 4.79 Å². The number of hydrogen-bond acceptors (Lipinski definition) is 8. The molecule has 0 saturated carbocycles. The van der Waals surface area contributed by atoms with Crippen molar-refractivity contribution in [3.05, 3.63) is 42.5 Å². The zero-order valence-corrected chi connectivity index (χ0v) is 16.1. The quantitative estimate of drug-likeness (QED) is 0.708. The molecule has 10 nitrogen and oxygen atoms in total. The number of nitrogens with zero attached hydrogens (tertiary/aromatic N) is 5. The van der Waals surface area contributed by atoms with Gasteiger partial charge in [-0.1, -0.05) is 0 Å². The van der Waals surface area contributed by atoms with Gasteiger partial charge in [-0.15, -0.1) is 0 Å². The third-order valence-corrected chi connectivity index (χ3v) is 4.89. The van der Waals surface area contributed by atoms with Crippen LogP contribution in [0.25, 0.3) is 0 Å². The number of aliphatic carboxylic acids is 1. The lowest BCUT2D eigenvalue weighted by Gasteiger charge is -2.19. The summed E-state index contributed by atoms with van der Waals surface area (Å²) in [5, 5.41) is 17.5. The van der Waals surface area contributed by atoms with Crippen molar-refractivity contribution in [2.75, 3.05) is 31.1 Å². The predicted molar refractivity (Wildman–Crippen MR) is 99.0 cm³/mol. The molecule has 13 heteroatoms. The molecular formula is C18H19F3N6O4. The highest BCUT2D eigenvalue weighted by atomic mass is 19.4. The Hall–Kier alpha value is -3.35. The summed E-state index contributed by atoms with van der Waals surface area (Å²) < 4.78 is 37.6. The normalized spacial score (nSPS) is 22.3. The number of carboxylic acids is 1. The maximum Gasteiger partial charge on any atom is 0.490 e. The molecule has 0 unspecified atom stereocenters. The van der Waals surface area contributed by atoms with E-state index in [9.17, 15) is 18.0 Å². The standard InChI is InChI=1S/C16H18N6O2.C2HF3O2/c23-15(11-2-5-20-21-7-11)19-6-12-10-24-14-9-22(8-13(12)14)16-17-3-1-4-18-16;3-2(4,5)1(6)7/h1-5,7,12-14H,6,8-10H2,(H,19,23);(H,6,7)/t12-,13-,14-;/m1./s1. The Balaban J connectivity index is 0.000000339. The van der Waals surface area contributed by atoms with E-state index in [0.29, 0.717) is 30.6 Å². The Morgan fingerprint density at radius 1 is 1.19 bits per heavy atom. The summed E-state index contributed by atoms with van der Waals surface area (Å²) in [6, 6.07) is 3.46. The summed E-state index contributed by atoms with van der Waals surface area (Å²) in [5.74, 6) is -1.48. The average Bonchev–Trinajstić information content (AvgIpc) is 3.34. The number of nitrogens with one attached hydrogen (secondary N) is 1. The number of amides is 1. The number of carbonyl (C=O) groups is 2. The van der Waals surface area contributed by atoms with Crippen LogP contribution in [0.5, 0.6) is 0 Å². The largest absolute Gasteiger partial charge is 0.490 e. The van der Waals surface area contributed by atoms with E-state index < -0.39 is 12.1 Å². The third-order valence-electron chi connectivity index (χ3n) is 4.89. The van der Waals surface area contributed by atoms with Gasteiger partial charge < -0.3 is 20.1 Å². The fourth-order valence-electron chi connectivity index (χ4n) is 3.38. The van der Waals surface area contributed by atoms with Crippen LogP contribution in [-0.2, 0) is 9.53 Å². The Bertz CT molecular complexity index is 887. The molecule has 2 fully saturated rings. The van der Waals surface area contributed by atoms with Crippen LogP contribution in [0.2, 0.25) is 0 Å². The second-order valence-electron chi connectivity index (χ2n) is 6.89. The molecule has 2 aliphatic heterocycles. The number of fused-ring (bicyclic) bond motifs is 1. The van der Waals surface area contributed by atoms with E-state index in [1.165, 1.54) is 12.4 Å². The van der Waals surface area contributed by atoms with Crippen molar-refractivity contribution in [3.8, 4) is 0 Å². The van der Waals surface area contributed by atoms with Crippen LogP contribution in [0.15, 0.2) is 36.9 Å². The first-order valence-electron chi connectivity index (χ1n) is 9.24. The van der Waals surface area contributed by atoms with Gasteiger partial charge in [0.25, 0.3) is 5.91 Å². The minimum absolute atomic E-state index is 0.130. The number of anilines is 1. The number of carbonyl (C=O) groups excluding carboxylic acids is 1. The van der Waals surface area contributed by atoms with Gasteiger partial charge in [0.1, 0.15) is 0 Å². The minimum atomic E-state index is -5.08. The maximum atomic E-state index is 12.1. The Morgan fingerprint density at radius 3 is 2.52 bits per heavy atom. The summed E-state index contributed by atoms with van der Waals surface area (Å²) in [5.41, 5.74) is 0.520. The van der Waals surface area contributed by atoms with Crippen LogP contribution >= 0.6 is 0 Å². The highest BCUT2D eigenvalue weighted by Gasteiger charge is 2.44. The zero-order chi connectivity index (χ0) is 22.4. The van der Waals surface area contributed by atoms with Crippen molar-refractivity contribution in [2.24, 2.45) is 11.8 Å². The molecular weight excluding hydrogens is 421 g/mol. The number of alkyl halides is 3. The fourth-order valence-corrected chi connectivity index (χ4v) is 3.38. The van der Waals surface area contributed by atoms with Gasteiger partial charge in [0.05, 0.1) is 30.7 Å². The monoisotopic (exact) mass is 440 g/mol. The summed E-state index contributed by atoms with van der Waals surface area (Å²) >= 11 is 0. The molecule has 1 amide bonds. The van der Waals surface area contributed by atoms with Crippen molar-refractivity contribution >= 4 is 17.8 Å². The number of rotatable bonds is 4. The minimum Gasteiger partial charge on any atom is -0.475 e. The van der Waals surface area contributed by atoms with Gasteiger partial charge in [0, 0.05) is 43.9 Å². The van der Waals surface area contributed by atoms with E-state index in [-0.39, 0.29) is 12.0 Å². The van der Waals surface area contributed by atoms with Gasteiger partial charge in [0.15, 0.2) is 0 Å². The van der Waals surface area contributed by atoms with Crippen LogP contribution in [0.3, 0.4) is 0 Å². The van der Waals surface area contributed by atoms with E-state index in [1.54, 1.807) is 18.5 Å². The van der Waals surface area contributed by atoms with Crippen molar-refractivity contribution in [1.82, 2.24) is 25.5 Å². The van der Waals surface area contributed by atoms with Crippen molar-refractivity contribution in [3.63, 3.8) is 0 Å². The van der Waals surface area contributed by atoms with Gasteiger partial charge in [0.2, 0.25) is 5.95 Å². The van der Waals surface area contributed by atoms with Crippen LogP contribution in [0.1, 0.15) is 10.4 Å². The van der Waals surface area contributed by atoms with E-state index in [0.717, 1.165) is 19.0 Å². The van der Waals surface area contributed by atoms with Crippen molar-refractivity contribution in [1.29, 1.82) is 0 Å². The SMILES string of the molecule is O=C(NC[C@@H]1CO[C@@H]2CN(c3ncccn3)C[C@H]12)c1ccnnc1.O=C(O)C(F)(F)F. The predicted octanol–water partition coefficient (Wildman–Crippen LogP) is 0.781. The Kier molecular flexibility index (Phi) is 6.95. The Labute approximate surface area is 174 Å². The lowest BCUT2D eigenvalue weighted by Crippen LogP contribution is -2.34. The maximum absolute atomic E-state index is 12.1. The number of ether oxygens (including phenoxy) is 1. The molecule has 2 N–H and O–H groups in total. The summed E-state index contributed by atoms with van der Waals surface area (Å²) in [6.45, 7) is 2.92. The highest BCUT2D eigenvalue weighted by molar-refractivity contribution is 5.93. The van der Waals surface area contributed by atoms with Gasteiger partial charge in [-0.25, -0.2) is 14.8 Å². The number of aromatic nitrogens is 4. The van der Waals surface area contributed by atoms with E-state index in [1.807, 2.05) is 6.07 Å². The molecule has 4 rings (SSSR count). The summed E-state index contributed by atoms with van der Waals surface area (Å²) in [7, 11) is 0. The van der Waals surface area contributed by atoms with Crippen LogP contribution < -0.4 is 10.2 Å². The molecule has 0 radical (unpaired) electrons. The molecule has 2 aromatic rings. The fraction of sp³-hybridized carbons (Fsp3) is 0.444. The zero-order valence-electron chi connectivity index (χ0n) is 16.1. The molecule has 2 aromatic heterocycles.